The molecule has 27 heavy (non-hydrogen) atoms. The van der Waals surface area contributed by atoms with E-state index in [2.05, 4.69) is 20.9 Å². The van der Waals surface area contributed by atoms with Crippen molar-refractivity contribution in [2.24, 2.45) is 0 Å². The van der Waals surface area contributed by atoms with Crippen molar-refractivity contribution in [3.63, 3.8) is 0 Å². The molecular weight excluding hydrogens is 338 g/mol. The van der Waals surface area contributed by atoms with Gasteiger partial charge in [-0.25, -0.2) is 0 Å². The number of carboxylic acid groups (broad SMARTS) is 1. The predicted octanol–water partition coefficient (Wildman–Crippen LogP) is 3.18. The molecule has 0 saturated carbocycles. The molecule has 138 valence electrons. The highest BCUT2D eigenvalue weighted by Gasteiger charge is 2.31. The molecule has 5 heteroatoms. The molecule has 0 aliphatic carbocycles. The first-order valence-corrected chi connectivity index (χ1v) is 9.28. The van der Waals surface area contributed by atoms with Crippen LogP contribution in [0.25, 0.3) is 10.8 Å². The molecule has 1 aromatic heterocycles. The van der Waals surface area contributed by atoms with Crippen molar-refractivity contribution in [3.05, 3.63) is 78.1 Å². The number of nitrogens with zero attached hydrogens (tertiary/aromatic N) is 3. The summed E-state index contributed by atoms with van der Waals surface area (Å²) in [5.74, 6) is -0.785. The van der Waals surface area contributed by atoms with Gasteiger partial charge in [0.25, 0.3) is 0 Å². The molecule has 1 fully saturated rings. The number of hydrogen-bond donors (Lipinski definition) is 1. The average molecular weight is 361 g/mol. The lowest BCUT2D eigenvalue weighted by molar-refractivity contribution is -0.144. The van der Waals surface area contributed by atoms with Crippen LogP contribution in [0.5, 0.6) is 0 Å². The molecule has 2 heterocycles. The molecule has 1 N–H and O–H groups in total. The number of fused-ring (bicyclic) bond motifs is 1. The van der Waals surface area contributed by atoms with E-state index in [1.165, 1.54) is 5.56 Å². The maximum absolute atomic E-state index is 12.2. The third-order valence-corrected chi connectivity index (χ3v) is 5.25. The van der Waals surface area contributed by atoms with Crippen LogP contribution in [0.15, 0.2) is 67.0 Å². The molecule has 1 atom stereocenters. The number of carboxylic acids is 1. The first-order chi connectivity index (χ1) is 13.2. The quantitative estimate of drug-likeness (QED) is 0.756. The zero-order valence-electron chi connectivity index (χ0n) is 15.2. The number of aromatic nitrogens is 1. The van der Waals surface area contributed by atoms with Crippen molar-refractivity contribution in [2.75, 3.05) is 26.2 Å². The van der Waals surface area contributed by atoms with Crippen LogP contribution in [-0.2, 0) is 11.3 Å². The van der Waals surface area contributed by atoms with E-state index in [1.54, 1.807) is 6.20 Å². The standard InChI is InChI=1S/C22H23N3O2/c26-22(27)21(20-9-3-7-18-6-1-2-8-19(18)20)25-13-11-24(12-14-25)16-17-5-4-10-23-15-17/h1-10,15,21H,11-14,16H2,(H,26,27). The zero-order valence-corrected chi connectivity index (χ0v) is 15.2. The van der Waals surface area contributed by atoms with Crippen molar-refractivity contribution in [1.82, 2.24) is 14.8 Å². The molecule has 0 spiro atoms. The first kappa shape index (κ1) is 17.6. The van der Waals surface area contributed by atoms with Gasteiger partial charge in [0.05, 0.1) is 0 Å². The lowest BCUT2D eigenvalue weighted by Crippen LogP contribution is -2.48. The Morgan fingerprint density at radius 1 is 1.00 bits per heavy atom. The molecular formula is C22H23N3O2. The Bertz CT molecular complexity index is 916. The summed E-state index contributed by atoms with van der Waals surface area (Å²) >= 11 is 0. The van der Waals surface area contributed by atoms with Gasteiger partial charge in [0.15, 0.2) is 0 Å². The summed E-state index contributed by atoms with van der Waals surface area (Å²) in [4.78, 5) is 20.8. The highest BCUT2D eigenvalue weighted by molar-refractivity contribution is 5.90. The van der Waals surface area contributed by atoms with Gasteiger partial charge in [-0.05, 0) is 28.0 Å². The second-order valence-corrected chi connectivity index (χ2v) is 6.98. The van der Waals surface area contributed by atoms with Crippen molar-refractivity contribution in [1.29, 1.82) is 0 Å². The maximum Gasteiger partial charge on any atom is 0.325 e. The molecule has 1 unspecified atom stereocenters. The zero-order chi connectivity index (χ0) is 18.6. The second-order valence-electron chi connectivity index (χ2n) is 6.98. The predicted molar refractivity (Wildman–Crippen MR) is 105 cm³/mol. The molecule has 2 aromatic carbocycles. The van der Waals surface area contributed by atoms with Gasteiger partial charge in [-0.1, -0.05) is 48.5 Å². The van der Waals surface area contributed by atoms with E-state index < -0.39 is 12.0 Å². The Hall–Kier alpha value is -2.76. The summed E-state index contributed by atoms with van der Waals surface area (Å²) in [5.41, 5.74) is 2.07. The van der Waals surface area contributed by atoms with Crippen LogP contribution in [-0.4, -0.2) is 52.0 Å². The highest BCUT2D eigenvalue weighted by Crippen LogP contribution is 2.29. The number of hydrogen-bond acceptors (Lipinski definition) is 4. The minimum absolute atomic E-state index is 0.614. The van der Waals surface area contributed by atoms with Gasteiger partial charge < -0.3 is 5.11 Å². The summed E-state index contributed by atoms with van der Waals surface area (Å²) in [5, 5.41) is 12.1. The third-order valence-electron chi connectivity index (χ3n) is 5.25. The summed E-state index contributed by atoms with van der Waals surface area (Å²) in [6.07, 6.45) is 3.67. The topological polar surface area (TPSA) is 56.7 Å². The minimum atomic E-state index is -0.785. The summed E-state index contributed by atoms with van der Waals surface area (Å²) in [6, 6.07) is 17.3. The fraction of sp³-hybridized carbons (Fsp3) is 0.273. The van der Waals surface area contributed by atoms with E-state index in [9.17, 15) is 9.90 Å². The van der Waals surface area contributed by atoms with Gasteiger partial charge in [-0.15, -0.1) is 0 Å². The van der Waals surface area contributed by atoms with Crippen LogP contribution < -0.4 is 0 Å². The van der Waals surface area contributed by atoms with Crippen molar-refractivity contribution in [2.45, 2.75) is 12.6 Å². The van der Waals surface area contributed by atoms with Gasteiger partial charge in [0.2, 0.25) is 0 Å². The number of benzene rings is 2. The fourth-order valence-electron chi connectivity index (χ4n) is 3.90. The highest BCUT2D eigenvalue weighted by atomic mass is 16.4. The Balaban J connectivity index is 1.52. The van der Waals surface area contributed by atoms with Crippen molar-refractivity contribution < 1.29 is 9.90 Å². The molecule has 1 saturated heterocycles. The number of piperazine rings is 1. The number of rotatable bonds is 5. The number of pyridine rings is 1. The Kier molecular flexibility index (Phi) is 5.14. The molecule has 0 bridgehead atoms. The summed E-state index contributed by atoms with van der Waals surface area (Å²) < 4.78 is 0. The third kappa shape index (κ3) is 3.84. The van der Waals surface area contributed by atoms with Gasteiger partial charge in [0, 0.05) is 45.1 Å². The average Bonchev–Trinajstić information content (AvgIpc) is 2.70. The van der Waals surface area contributed by atoms with Gasteiger partial charge >= 0.3 is 5.97 Å². The van der Waals surface area contributed by atoms with Crippen LogP contribution >= 0.6 is 0 Å². The Morgan fingerprint density at radius 3 is 2.52 bits per heavy atom. The van der Waals surface area contributed by atoms with E-state index in [0.717, 1.165) is 49.1 Å². The van der Waals surface area contributed by atoms with Crippen LogP contribution in [0.2, 0.25) is 0 Å². The lowest BCUT2D eigenvalue weighted by atomic mass is 9.97. The first-order valence-electron chi connectivity index (χ1n) is 9.28. The van der Waals surface area contributed by atoms with Crippen molar-refractivity contribution >= 4 is 16.7 Å². The molecule has 4 rings (SSSR count). The second kappa shape index (κ2) is 7.86. The normalized spacial score (nSPS) is 17.0. The van der Waals surface area contributed by atoms with E-state index in [4.69, 9.17) is 0 Å². The SMILES string of the molecule is O=C(O)C(c1cccc2ccccc12)N1CCN(Cc2cccnc2)CC1. The molecule has 0 amide bonds. The summed E-state index contributed by atoms with van der Waals surface area (Å²) in [6.45, 7) is 4.03. The van der Waals surface area contributed by atoms with Crippen LogP contribution in [0.3, 0.4) is 0 Å². The molecule has 0 radical (unpaired) electrons. The van der Waals surface area contributed by atoms with Gasteiger partial charge in [-0.2, -0.15) is 0 Å². The maximum atomic E-state index is 12.2. The molecule has 3 aromatic rings. The molecule has 1 aliphatic rings. The monoisotopic (exact) mass is 361 g/mol. The largest absolute Gasteiger partial charge is 0.480 e. The van der Waals surface area contributed by atoms with Crippen LogP contribution in [0.1, 0.15) is 17.2 Å². The van der Waals surface area contributed by atoms with Crippen LogP contribution in [0, 0.1) is 0 Å². The van der Waals surface area contributed by atoms with E-state index >= 15 is 0 Å². The fourth-order valence-corrected chi connectivity index (χ4v) is 3.90. The number of carbonyl (C=O) groups is 1. The Morgan fingerprint density at radius 2 is 1.78 bits per heavy atom. The van der Waals surface area contributed by atoms with Crippen LogP contribution in [0.4, 0.5) is 0 Å². The minimum Gasteiger partial charge on any atom is -0.480 e. The molecule has 5 nitrogen and oxygen atoms in total. The van der Waals surface area contributed by atoms with E-state index in [1.807, 2.05) is 54.7 Å². The Labute approximate surface area is 158 Å². The van der Waals surface area contributed by atoms with Crippen molar-refractivity contribution in [3.8, 4) is 0 Å². The smallest absolute Gasteiger partial charge is 0.325 e. The van der Waals surface area contributed by atoms with E-state index in [-0.39, 0.29) is 0 Å². The van der Waals surface area contributed by atoms with Gasteiger partial charge in [-0.3, -0.25) is 19.6 Å². The van der Waals surface area contributed by atoms with E-state index in [0.29, 0.717) is 0 Å². The summed E-state index contributed by atoms with van der Waals surface area (Å²) in [7, 11) is 0. The molecule has 1 aliphatic heterocycles. The number of aliphatic carboxylic acids is 1. The van der Waals surface area contributed by atoms with Gasteiger partial charge in [0.1, 0.15) is 6.04 Å². The lowest BCUT2D eigenvalue weighted by Gasteiger charge is -2.38.